The number of nitriles is 1. The van der Waals surface area contributed by atoms with Crippen molar-refractivity contribution in [1.29, 1.82) is 5.26 Å². The topological polar surface area (TPSA) is 54.5 Å². The van der Waals surface area contributed by atoms with Gasteiger partial charge in [-0.3, -0.25) is 0 Å². The van der Waals surface area contributed by atoms with Crippen LogP contribution in [0.3, 0.4) is 0 Å². The average molecular weight is 320 g/mol. The summed E-state index contributed by atoms with van der Waals surface area (Å²) >= 11 is 0. The second-order valence-corrected chi connectivity index (χ2v) is 5.13. The first-order valence-corrected chi connectivity index (χ1v) is 7.26. The van der Waals surface area contributed by atoms with Gasteiger partial charge in [-0.25, -0.2) is 9.18 Å². The Labute approximate surface area is 138 Å². The smallest absolute Gasteiger partial charge is 0.331 e. The summed E-state index contributed by atoms with van der Waals surface area (Å²) in [6.07, 6.45) is 6.42. The van der Waals surface area contributed by atoms with Gasteiger partial charge in [0.05, 0.1) is 11.1 Å². The normalized spacial score (nSPS) is 10.8. The van der Waals surface area contributed by atoms with Crippen molar-refractivity contribution < 1.29 is 13.9 Å². The zero-order valence-electron chi connectivity index (χ0n) is 12.6. The van der Waals surface area contributed by atoms with Crippen LogP contribution in [0.15, 0.2) is 60.9 Å². The number of carbonyl (C=O) groups excluding carboxylic acids is 1. The van der Waals surface area contributed by atoms with E-state index in [1.807, 2.05) is 28.8 Å². The first-order chi connectivity index (χ1) is 11.7. The number of halogens is 1. The molecule has 0 radical (unpaired) electrons. The van der Waals surface area contributed by atoms with E-state index in [2.05, 4.69) is 6.07 Å². The molecule has 0 unspecified atom stereocenters. The summed E-state index contributed by atoms with van der Waals surface area (Å²) in [4.78, 5) is 11.8. The highest BCUT2D eigenvalue weighted by Crippen LogP contribution is 2.18. The van der Waals surface area contributed by atoms with Gasteiger partial charge < -0.3 is 9.14 Å². The molecule has 5 heteroatoms. The maximum absolute atomic E-state index is 12.8. The summed E-state index contributed by atoms with van der Waals surface area (Å²) in [6.45, 7) is 0.0111. The fourth-order valence-electron chi connectivity index (χ4n) is 2.35. The van der Waals surface area contributed by atoms with Gasteiger partial charge in [0.15, 0.2) is 0 Å². The van der Waals surface area contributed by atoms with Gasteiger partial charge in [-0.15, -0.1) is 0 Å². The van der Waals surface area contributed by atoms with Crippen LogP contribution < -0.4 is 0 Å². The van der Waals surface area contributed by atoms with Crippen LogP contribution in [-0.4, -0.2) is 10.4 Å². The number of benzene rings is 1. The first-order valence-electron chi connectivity index (χ1n) is 7.26. The molecule has 0 saturated heterocycles. The number of pyridine rings is 1. The van der Waals surface area contributed by atoms with Gasteiger partial charge in [-0.2, -0.15) is 5.26 Å². The number of aromatic nitrogens is 1. The summed E-state index contributed by atoms with van der Waals surface area (Å²) in [6, 6.07) is 13.4. The maximum atomic E-state index is 12.8. The predicted molar refractivity (Wildman–Crippen MR) is 87.3 cm³/mol. The number of nitrogens with zero attached hydrogens (tertiary/aromatic N) is 2. The summed E-state index contributed by atoms with van der Waals surface area (Å²) in [5.41, 5.74) is 2.60. The van der Waals surface area contributed by atoms with Crippen molar-refractivity contribution in [2.24, 2.45) is 0 Å². The number of rotatable bonds is 4. The summed E-state index contributed by atoms with van der Waals surface area (Å²) in [5, 5.41) is 9.30. The zero-order valence-corrected chi connectivity index (χ0v) is 12.6. The minimum absolute atomic E-state index is 0.0111. The molecular formula is C19H13FN2O2. The lowest BCUT2D eigenvalue weighted by Gasteiger charge is -2.00. The number of hydrogen-bond donors (Lipinski definition) is 0. The van der Waals surface area contributed by atoms with Gasteiger partial charge in [0, 0.05) is 24.0 Å². The third-order valence-corrected chi connectivity index (χ3v) is 3.53. The number of fused-ring (bicyclic) bond motifs is 1. The Morgan fingerprint density at radius 1 is 1.25 bits per heavy atom. The molecule has 0 spiro atoms. The fourth-order valence-corrected chi connectivity index (χ4v) is 2.35. The molecule has 3 aromatic rings. The lowest BCUT2D eigenvalue weighted by molar-refractivity contribution is -0.138. The summed E-state index contributed by atoms with van der Waals surface area (Å²) < 4.78 is 19.8. The summed E-state index contributed by atoms with van der Waals surface area (Å²) in [7, 11) is 0. The molecular weight excluding hydrogens is 307 g/mol. The molecule has 0 N–H and O–H groups in total. The minimum Gasteiger partial charge on any atom is -0.458 e. The van der Waals surface area contributed by atoms with E-state index in [-0.39, 0.29) is 12.4 Å². The van der Waals surface area contributed by atoms with Gasteiger partial charge in [0.2, 0.25) is 0 Å². The lowest BCUT2D eigenvalue weighted by Crippen LogP contribution is -2.01. The molecule has 0 aliphatic carbocycles. The fraction of sp³-hybridized carbons (Fsp3) is 0.0526. The highest BCUT2D eigenvalue weighted by molar-refractivity contribution is 5.87. The van der Waals surface area contributed by atoms with Crippen molar-refractivity contribution in [3.8, 4) is 6.07 Å². The third-order valence-electron chi connectivity index (χ3n) is 3.53. The van der Waals surface area contributed by atoms with Gasteiger partial charge in [0.1, 0.15) is 18.5 Å². The van der Waals surface area contributed by atoms with Crippen molar-refractivity contribution >= 4 is 17.6 Å². The van der Waals surface area contributed by atoms with Crippen molar-refractivity contribution in [1.82, 2.24) is 4.40 Å². The molecule has 0 fully saturated rings. The molecule has 0 aliphatic rings. The van der Waals surface area contributed by atoms with E-state index < -0.39 is 5.97 Å². The van der Waals surface area contributed by atoms with Crippen molar-refractivity contribution in [2.75, 3.05) is 0 Å². The van der Waals surface area contributed by atoms with Crippen LogP contribution in [0.5, 0.6) is 0 Å². The van der Waals surface area contributed by atoms with Gasteiger partial charge in [0.25, 0.3) is 0 Å². The second kappa shape index (κ2) is 6.80. The van der Waals surface area contributed by atoms with Crippen LogP contribution in [0, 0.1) is 17.1 Å². The van der Waals surface area contributed by atoms with Crippen LogP contribution in [-0.2, 0) is 16.1 Å². The van der Waals surface area contributed by atoms with E-state index in [0.717, 1.165) is 5.52 Å². The van der Waals surface area contributed by atoms with E-state index in [1.165, 1.54) is 18.2 Å². The number of carbonyl (C=O) groups is 1. The Hall–Kier alpha value is -3.39. The Morgan fingerprint density at radius 2 is 2.04 bits per heavy atom. The Bertz CT molecular complexity index is 950. The molecule has 0 amide bonds. The molecule has 0 atom stereocenters. The molecule has 0 saturated carbocycles. The molecule has 118 valence electrons. The molecule has 2 heterocycles. The van der Waals surface area contributed by atoms with E-state index in [4.69, 9.17) is 4.74 Å². The largest absolute Gasteiger partial charge is 0.458 e. The zero-order chi connectivity index (χ0) is 16.9. The maximum Gasteiger partial charge on any atom is 0.331 e. The molecule has 0 bridgehead atoms. The SMILES string of the molecule is N#Cc1c(COC(=O)/C=C/c2ccc(F)cc2)cn2ccccc12. The van der Waals surface area contributed by atoms with E-state index in [9.17, 15) is 14.4 Å². The van der Waals surface area contributed by atoms with E-state index >= 15 is 0 Å². The van der Waals surface area contributed by atoms with Gasteiger partial charge in [-0.05, 0) is 35.9 Å². The Balaban J connectivity index is 1.68. The molecule has 1 aromatic carbocycles. The van der Waals surface area contributed by atoms with Gasteiger partial charge in [-0.1, -0.05) is 18.2 Å². The van der Waals surface area contributed by atoms with Crippen LogP contribution >= 0.6 is 0 Å². The lowest BCUT2D eigenvalue weighted by atomic mass is 10.2. The van der Waals surface area contributed by atoms with Gasteiger partial charge >= 0.3 is 5.97 Å². The number of esters is 1. The predicted octanol–water partition coefficient (Wildman–Crippen LogP) is 3.71. The average Bonchev–Trinajstić information content (AvgIpc) is 2.97. The first kappa shape index (κ1) is 15.5. The molecule has 0 aliphatic heterocycles. The van der Waals surface area contributed by atoms with Crippen LogP contribution in [0.4, 0.5) is 4.39 Å². The Morgan fingerprint density at radius 3 is 2.79 bits per heavy atom. The quantitative estimate of drug-likeness (QED) is 0.544. The molecule has 2 aromatic heterocycles. The minimum atomic E-state index is -0.529. The standard InChI is InChI=1S/C19H13FN2O2/c20-16-7-4-14(5-8-16)6-9-19(23)24-13-15-12-22-10-2-1-3-18(22)17(15)11-21/h1-10,12H,13H2/b9-6+. The molecule has 24 heavy (non-hydrogen) atoms. The third kappa shape index (κ3) is 3.33. The van der Waals surface area contributed by atoms with E-state index in [1.54, 1.807) is 24.4 Å². The van der Waals surface area contributed by atoms with Crippen LogP contribution in [0.2, 0.25) is 0 Å². The van der Waals surface area contributed by atoms with E-state index in [0.29, 0.717) is 16.7 Å². The van der Waals surface area contributed by atoms with Crippen LogP contribution in [0.1, 0.15) is 16.7 Å². The molecule has 4 nitrogen and oxygen atoms in total. The highest BCUT2D eigenvalue weighted by atomic mass is 19.1. The van der Waals surface area contributed by atoms with Crippen molar-refractivity contribution in [2.45, 2.75) is 6.61 Å². The summed E-state index contributed by atoms with van der Waals surface area (Å²) in [5.74, 6) is -0.863. The number of hydrogen-bond acceptors (Lipinski definition) is 3. The van der Waals surface area contributed by atoms with Crippen molar-refractivity contribution in [3.05, 3.63) is 83.4 Å². The Kier molecular flexibility index (Phi) is 4.39. The number of ether oxygens (including phenoxy) is 1. The van der Waals surface area contributed by atoms with Crippen molar-refractivity contribution in [3.63, 3.8) is 0 Å². The second-order valence-electron chi connectivity index (χ2n) is 5.13. The van der Waals surface area contributed by atoms with Crippen LogP contribution in [0.25, 0.3) is 11.6 Å². The molecule has 3 rings (SSSR count). The highest BCUT2D eigenvalue weighted by Gasteiger charge is 2.11. The monoisotopic (exact) mass is 320 g/mol.